The van der Waals surface area contributed by atoms with E-state index in [0.29, 0.717) is 16.5 Å². The summed E-state index contributed by atoms with van der Waals surface area (Å²) >= 11 is 2.15. The average Bonchev–Trinajstić information content (AvgIpc) is 2.55. The Kier molecular flexibility index (Phi) is 4.06. The molecule has 0 bridgehead atoms. The van der Waals surface area contributed by atoms with Crippen LogP contribution in [0.1, 0.15) is 23.3 Å². The number of ketones is 1. The zero-order valence-corrected chi connectivity index (χ0v) is 14.0. The molecule has 1 aromatic heterocycles. The predicted molar refractivity (Wildman–Crippen MR) is 94.2 cm³/mol. The second-order valence-corrected chi connectivity index (χ2v) is 6.27. The SMILES string of the molecule is C[C@@H](C(=O)c1ccccc1)n1cnc2ccc(I)cc2c1=O. The van der Waals surface area contributed by atoms with Gasteiger partial charge >= 0.3 is 0 Å². The lowest BCUT2D eigenvalue weighted by molar-refractivity contribution is 0.0932. The van der Waals surface area contributed by atoms with Crippen molar-refractivity contribution in [2.75, 3.05) is 0 Å². The normalized spacial score (nSPS) is 12.3. The van der Waals surface area contributed by atoms with Crippen molar-refractivity contribution < 1.29 is 4.79 Å². The molecule has 110 valence electrons. The van der Waals surface area contributed by atoms with Gasteiger partial charge in [0, 0.05) is 9.13 Å². The van der Waals surface area contributed by atoms with Gasteiger partial charge in [0.1, 0.15) is 0 Å². The molecule has 0 unspecified atom stereocenters. The lowest BCUT2D eigenvalue weighted by atomic mass is 10.1. The van der Waals surface area contributed by atoms with Crippen LogP contribution in [0.3, 0.4) is 0 Å². The fraction of sp³-hybridized carbons (Fsp3) is 0.118. The number of halogens is 1. The highest BCUT2D eigenvalue weighted by Crippen LogP contribution is 2.15. The molecule has 5 heteroatoms. The summed E-state index contributed by atoms with van der Waals surface area (Å²) in [7, 11) is 0. The first kappa shape index (κ1) is 14.9. The number of Topliss-reactive ketones (excluding diaryl/α,β-unsaturated/α-hetero) is 1. The summed E-state index contributed by atoms with van der Waals surface area (Å²) in [6, 6.07) is 13.9. The second kappa shape index (κ2) is 6.00. The van der Waals surface area contributed by atoms with E-state index in [2.05, 4.69) is 27.6 Å². The first-order valence-corrected chi connectivity index (χ1v) is 7.91. The van der Waals surface area contributed by atoms with Crippen molar-refractivity contribution in [2.45, 2.75) is 13.0 Å². The lowest BCUT2D eigenvalue weighted by Gasteiger charge is -2.14. The van der Waals surface area contributed by atoms with Gasteiger partial charge < -0.3 is 0 Å². The van der Waals surface area contributed by atoms with E-state index in [1.807, 2.05) is 30.3 Å². The molecule has 2 aromatic carbocycles. The van der Waals surface area contributed by atoms with Gasteiger partial charge in [0.2, 0.25) is 0 Å². The molecular weight excluding hydrogens is 391 g/mol. The number of hydrogen-bond donors (Lipinski definition) is 0. The van der Waals surface area contributed by atoms with Crippen molar-refractivity contribution in [2.24, 2.45) is 0 Å². The molecule has 0 radical (unpaired) electrons. The van der Waals surface area contributed by atoms with Crippen LogP contribution < -0.4 is 5.56 Å². The van der Waals surface area contributed by atoms with E-state index >= 15 is 0 Å². The summed E-state index contributed by atoms with van der Waals surface area (Å²) in [5, 5.41) is 0.530. The molecule has 3 aromatic rings. The fourth-order valence-electron chi connectivity index (χ4n) is 2.35. The molecule has 0 spiro atoms. The van der Waals surface area contributed by atoms with Crippen LogP contribution in [0.4, 0.5) is 0 Å². The van der Waals surface area contributed by atoms with Crippen molar-refractivity contribution >= 4 is 39.3 Å². The second-order valence-electron chi connectivity index (χ2n) is 5.02. The summed E-state index contributed by atoms with van der Waals surface area (Å²) in [6.45, 7) is 1.72. The van der Waals surface area contributed by atoms with Gasteiger partial charge in [-0.25, -0.2) is 4.98 Å². The minimum absolute atomic E-state index is 0.102. The largest absolute Gasteiger partial charge is 0.292 e. The number of benzene rings is 2. The van der Waals surface area contributed by atoms with E-state index in [4.69, 9.17) is 0 Å². The molecule has 22 heavy (non-hydrogen) atoms. The van der Waals surface area contributed by atoms with Gasteiger partial charge in [0.15, 0.2) is 5.78 Å². The van der Waals surface area contributed by atoms with Crippen LogP contribution in [0, 0.1) is 3.57 Å². The minimum atomic E-state index is -0.593. The molecule has 0 aliphatic heterocycles. The van der Waals surface area contributed by atoms with E-state index in [1.165, 1.54) is 10.9 Å². The summed E-state index contributed by atoms with van der Waals surface area (Å²) in [6.07, 6.45) is 1.45. The Morgan fingerprint density at radius 1 is 1.18 bits per heavy atom. The van der Waals surface area contributed by atoms with Gasteiger partial charge in [-0.3, -0.25) is 14.2 Å². The number of carbonyl (C=O) groups excluding carboxylic acids is 1. The number of aromatic nitrogens is 2. The monoisotopic (exact) mass is 404 g/mol. The maximum absolute atomic E-state index is 12.6. The topological polar surface area (TPSA) is 52.0 Å². The van der Waals surface area contributed by atoms with Gasteiger partial charge in [-0.1, -0.05) is 30.3 Å². The van der Waals surface area contributed by atoms with Gasteiger partial charge in [0.25, 0.3) is 5.56 Å². The average molecular weight is 404 g/mol. The molecule has 0 saturated heterocycles. The Morgan fingerprint density at radius 3 is 2.64 bits per heavy atom. The lowest BCUT2D eigenvalue weighted by Crippen LogP contribution is -2.28. The summed E-state index contributed by atoms with van der Waals surface area (Å²) < 4.78 is 2.36. The van der Waals surface area contributed by atoms with E-state index in [-0.39, 0.29) is 11.3 Å². The van der Waals surface area contributed by atoms with Gasteiger partial charge in [-0.05, 0) is 47.7 Å². The van der Waals surface area contributed by atoms with Gasteiger partial charge in [0.05, 0.1) is 23.3 Å². The quantitative estimate of drug-likeness (QED) is 0.497. The van der Waals surface area contributed by atoms with E-state index in [1.54, 1.807) is 25.1 Å². The van der Waals surface area contributed by atoms with E-state index in [0.717, 1.165) is 3.57 Å². The molecule has 0 saturated carbocycles. The Labute approximate surface area is 140 Å². The van der Waals surface area contributed by atoms with E-state index in [9.17, 15) is 9.59 Å². The minimum Gasteiger partial charge on any atom is -0.292 e. The van der Waals surface area contributed by atoms with Crippen molar-refractivity contribution in [3.63, 3.8) is 0 Å². The molecule has 4 nitrogen and oxygen atoms in total. The molecule has 0 aliphatic rings. The number of nitrogens with zero attached hydrogens (tertiary/aromatic N) is 2. The Bertz CT molecular complexity index is 903. The highest BCUT2D eigenvalue weighted by molar-refractivity contribution is 14.1. The number of rotatable bonds is 3. The van der Waals surface area contributed by atoms with Crippen LogP contribution in [0.15, 0.2) is 59.7 Å². The van der Waals surface area contributed by atoms with Crippen LogP contribution in [-0.2, 0) is 0 Å². The highest BCUT2D eigenvalue weighted by Gasteiger charge is 2.19. The van der Waals surface area contributed by atoms with Crippen LogP contribution in [0.5, 0.6) is 0 Å². The maximum atomic E-state index is 12.6. The third-order valence-corrected chi connectivity index (χ3v) is 4.27. The van der Waals surface area contributed by atoms with Crippen LogP contribution in [-0.4, -0.2) is 15.3 Å². The fourth-order valence-corrected chi connectivity index (χ4v) is 2.85. The molecule has 0 aliphatic carbocycles. The highest BCUT2D eigenvalue weighted by atomic mass is 127. The zero-order valence-electron chi connectivity index (χ0n) is 11.9. The summed E-state index contributed by atoms with van der Waals surface area (Å²) in [5.74, 6) is -0.102. The van der Waals surface area contributed by atoms with E-state index < -0.39 is 6.04 Å². The summed E-state index contributed by atoms with van der Waals surface area (Å²) in [4.78, 5) is 29.4. The first-order chi connectivity index (χ1) is 10.6. The third-order valence-electron chi connectivity index (χ3n) is 3.60. The third kappa shape index (κ3) is 2.68. The van der Waals surface area contributed by atoms with Gasteiger partial charge in [-0.15, -0.1) is 0 Å². The predicted octanol–water partition coefficient (Wildman–Crippen LogP) is 3.45. The zero-order chi connectivity index (χ0) is 15.7. The smallest absolute Gasteiger partial charge is 0.261 e. The van der Waals surface area contributed by atoms with Crippen molar-refractivity contribution in [3.05, 3.63) is 74.3 Å². The van der Waals surface area contributed by atoms with Crippen LogP contribution >= 0.6 is 22.6 Å². The molecule has 0 N–H and O–H groups in total. The molecule has 1 atom stereocenters. The Hall–Kier alpha value is -2.02. The van der Waals surface area contributed by atoms with Gasteiger partial charge in [-0.2, -0.15) is 0 Å². The molecule has 0 amide bonds. The van der Waals surface area contributed by atoms with Crippen molar-refractivity contribution in [3.8, 4) is 0 Å². The van der Waals surface area contributed by atoms with Crippen LogP contribution in [0.25, 0.3) is 10.9 Å². The number of fused-ring (bicyclic) bond motifs is 1. The Balaban J connectivity index is 2.08. The number of carbonyl (C=O) groups is 1. The molecular formula is C17H13IN2O2. The maximum Gasteiger partial charge on any atom is 0.261 e. The molecule has 0 fully saturated rings. The summed E-state index contributed by atoms with van der Waals surface area (Å²) in [5.41, 5.74) is 1.03. The Morgan fingerprint density at radius 2 is 1.91 bits per heavy atom. The standard InChI is InChI=1S/C17H13IN2O2/c1-11(16(21)12-5-3-2-4-6-12)20-10-19-15-8-7-13(18)9-14(15)17(20)22/h2-11H,1H3/t11-/m0/s1. The van der Waals surface area contributed by atoms with Crippen LogP contribution in [0.2, 0.25) is 0 Å². The molecule has 3 rings (SSSR count). The van der Waals surface area contributed by atoms with Crippen molar-refractivity contribution in [1.29, 1.82) is 0 Å². The first-order valence-electron chi connectivity index (χ1n) is 6.83. The number of hydrogen-bond acceptors (Lipinski definition) is 3. The molecule has 1 heterocycles. The van der Waals surface area contributed by atoms with Crippen molar-refractivity contribution in [1.82, 2.24) is 9.55 Å².